The Morgan fingerprint density at radius 2 is 2.06 bits per heavy atom. The fourth-order valence-electron chi connectivity index (χ4n) is 2.06. The van der Waals surface area contributed by atoms with Crippen molar-refractivity contribution in [3.8, 4) is 16.9 Å². The number of rotatable bonds is 2. The number of nitrogens with zero attached hydrogens (tertiary/aromatic N) is 2. The molecule has 1 heterocycles. The zero-order valence-electron chi connectivity index (χ0n) is 10.9. The van der Waals surface area contributed by atoms with Crippen LogP contribution in [0.15, 0.2) is 12.3 Å². The van der Waals surface area contributed by atoms with Crippen LogP contribution in [0.2, 0.25) is 5.02 Å². The minimum absolute atomic E-state index is 0.594. The van der Waals surface area contributed by atoms with Crippen LogP contribution < -0.4 is 10.5 Å². The van der Waals surface area contributed by atoms with Crippen molar-refractivity contribution >= 4 is 17.4 Å². The second kappa shape index (κ2) is 4.53. The Balaban J connectivity index is 2.78. The number of ether oxygens (including phenoxy) is 1. The Bertz CT molecular complexity index is 605. The number of methoxy groups -OCH3 is 1. The molecule has 1 aromatic heterocycles. The van der Waals surface area contributed by atoms with Crippen LogP contribution in [0.5, 0.6) is 5.75 Å². The van der Waals surface area contributed by atoms with E-state index in [1.54, 1.807) is 25.0 Å². The number of hydrogen-bond donors (Lipinski definition) is 1. The third-order valence-corrected chi connectivity index (χ3v) is 3.70. The summed E-state index contributed by atoms with van der Waals surface area (Å²) < 4.78 is 7.06. The summed E-state index contributed by atoms with van der Waals surface area (Å²) in [7, 11) is 3.44. The lowest BCUT2D eigenvalue weighted by Crippen LogP contribution is -2.00. The third kappa shape index (κ3) is 1.82. The van der Waals surface area contributed by atoms with Crippen LogP contribution in [0, 0.1) is 13.8 Å². The quantitative estimate of drug-likeness (QED) is 0.908. The first-order valence-corrected chi connectivity index (χ1v) is 5.96. The van der Waals surface area contributed by atoms with Crippen LogP contribution in [0.25, 0.3) is 11.1 Å². The topological polar surface area (TPSA) is 53.1 Å². The van der Waals surface area contributed by atoms with Crippen LogP contribution >= 0.6 is 11.6 Å². The number of hydrogen-bond acceptors (Lipinski definition) is 3. The van der Waals surface area contributed by atoms with Gasteiger partial charge >= 0.3 is 0 Å². The highest BCUT2D eigenvalue weighted by atomic mass is 35.5. The van der Waals surface area contributed by atoms with E-state index in [-0.39, 0.29) is 0 Å². The average Bonchev–Trinajstić information content (AvgIpc) is 2.67. The summed E-state index contributed by atoms with van der Waals surface area (Å²) in [5.41, 5.74) is 9.70. The molecule has 0 bridgehead atoms. The number of aryl methyl sites for hydroxylation is 2. The number of anilines is 1. The summed E-state index contributed by atoms with van der Waals surface area (Å²) in [5, 5.41) is 4.88. The smallest absolute Gasteiger partial charge is 0.129 e. The number of nitrogens with two attached hydrogens (primary N) is 1. The van der Waals surface area contributed by atoms with E-state index in [1.165, 1.54) is 0 Å². The summed E-state index contributed by atoms with van der Waals surface area (Å²) in [4.78, 5) is 0. The van der Waals surface area contributed by atoms with E-state index in [0.29, 0.717) is 5.82 Å². The molecule has 0 aliphatic rings. The van der Waals surface area contributed by atoms with Gasteiger partial charge in [0.1, 0.15) is 11.6 Å². The second-order valence-electron chi connectivity index (χ2n) is 4.28. The molecule has 0 amide bonds. The minimum atomic E-state index is 0.594. The maximum Gasteiger partial charge on any atom is 0.129 e. The standard InChI is InChI=1S/C13H16ClN3O/c1-7-5-10(18-4)11(8(2)12(7)14)9-6-16-17(3)13(9)15/h5-6H,15H2,1-4H3. The first-order valence-electron chi connectivity index (χ1n) is 5.59. The first-order chi connectivity index (χ1) is 8.47. The molecule has 1 aromatic carbocycles. The van der Waals surface area contributed by atoms with Crippen molar-refractivity contribution in [3.05, 3.63) is 28.4 Å². The largest absolute Gasteiger partial charge is 0.496 e. The van der Waals surface area contributed by atoms with Crippen molar-refractivity contribution in [3.63, 3.8) is 0 Å². The number of nitrogen functional groups attached to an aromatic ring is 1. The van der Waals surface area contributed by atoms with Gasteiger partial charge in [-0.15, -0.1) is 0 Å². The highest BCUT2D eigenvalue weighted by Crippen LogP contribution is 2.40. The van der Waals surface area contributed by atoms with Crippen molar-refractivity contribution < 1.29 is 4.74 Å². The molecule has 0 atom stereocenters. The van der Waals surface area contributed by atoms with Crippen LogP contribution in [0.1, 0.15) is 11.1 Å². The average molecular weight is 266 g/mol. The number of benzene rings is 1. The molecule has 18 heavy (non-hydrogen) atoms. The zero-order valence-corrected chi connectivity index (χ0v) is 11.7. The minimum Gasteiger partial charge on any atom is -0.496 e. The predicted octanol–water partition coefficient (Wildman–Crippen LogP) is 2.95. The van der Waals surface area contributed by atoms with Gasteiger partial charge in [0.2, 0.25) is 0 Å². The Morgan fingerprint density at radius 1 is 1.39 bits per heavy atom. The van der Waals surface area contributed by atoms with Crippen molar-refractivity contribution in [1.82, 2.24) is 9.78 Å². The van der Waals surface area contributed by atoms with Gasteiger partial charge in [0.05, 0.1) is 13.3 Å². The van der Waals surface area contributed by atoms with Gasteiger partial charge in [0.15, 0.2) is 0 Å². The Labute approximate surface area is 111 Å². The van der Waals surface area contributed by atoms with E-state index in [9.17, 15) is 0 Å². The van der Waals surface area contributed by atoms with Gasteiger partial charge in [0.25, 0.3) is 0 Å². The molecular formula is C13H16ClN3O. The highest BCUT2D eigenvalue weighted by molar-refractivity contribution is 6.32. The van der Waals surface area contributed by atoms with Gasteiger partial charge < -0.3 is 10.5 Å². The Morgan fingerprint density at radius 3 is 2.56 bits per heavy atom. The van der Waals surface area contributed by atoms with E-state index < -0.39 is 0 Å². The molecule has 0 fully saturated rings. The first kappa shape index (κ1) is 12.8. The van der Waals surface area contributed by atoms with Gasteiger partial charge in [-0.1, -0.05) is 11.6 Å². The molecule has 96 valence electrons. The lowest BCUT2D eigenvalue weighted by molar-refractivity contribution is 0.416. The van der Waals surface area contributed by atoms with Crippen LogP contribution in [-0.2, 0) is 7.05 Å². The molecule has 2 rings (SSSR count). The Kier molecular flexibility index (Phi) is 3.22. The normalized spacial score (nSPS) is 10.7. The third-order valence-electron chi connectivity index (χ3n) is 3.12. The summed E-state index contributed by atoms with van der Waals surface area (Å²) in [6.07, 6.45) is 1.73. The van der Waals surface area contributed by atoms with Crippen molar-refractivity contribution in [2.24, 2.45) is 7.05 Å². The maximum absolute atomic E-state index is 6.30. The summed E-state index contributed by atoms with van der Waals surface area (Å²) >= 11 is 6.30. The van der Waals surface area contributed by atoms with Crippen molar-refractivity contribution in [2.45, 2.75) is 13.8 Å². The van der Waals surface area contributed by atoms with Gasteiger partial charge in [-0.25, -0.2) is 0 Å². The second-order valence-corrected chi connectivity index (χ2v) is 4.65. The van der Waals surface area contributed by atoms with Gasteiger partial charge in [-0.05, 0) is 31.0 Å². The van der Waals surface area contributed by atoms with E-state index in [1.807, 2.05) is 19.9 Å². The molecule has 2 N–H and O–H groups in total. The van der Waals surface area contributed by atoms with E-state index >= 15 is 0 Å². The summed E-state index contributed by atoms with van der Waals surface area (Å²) in [6.45, 7) is 3.91. The van der Waals surface area contributed by atoms with Crippen LogP contribution in [-0.4, -0.2) is 16.9 Å². The van der Waals surface area contributed by atoms with Crippen LogP contribution in [0.3, 0.4) is 0 Å². The molecule has 0 radical (unpaired) electrons. The molecular weight excluding hydrogens is 250 g/mol. The van der Waals surface area contributed by atoms with Crippen LogP contribution in [0.4, 0.5) is 5.82 Å². The Hall–Kier alpha value is -1.68. The molecule has 5 heteroatoms. The summed E-state index contributed by atoms with van der Waals surface area (Å²) in [5.74, 6) is 1.35. The molecule has 0 unspecified atom stereocenters. The SMILES string of the molecule is COc1cc(C)c(Cl)c(C)c1-c1cnn(C)c1N. The van der Waals surface area contributed by atoms with Gasteiger partial charge in [-0.2, -0.15) is 5.10 Å². The zero-order chi connectivity index (χ0) is 13.4. The molecule has 0 saturated heterocycles. The molecule has 0 spiro atoms. The van der Waals surface area contributed by atoms with Gasteiger partial charge in [-0.3, -0.25) is 4.68 Å². The number of halogens is 1. The highest BCUT2D eigenvalue weighted by Gasteiger charge is 2.18. The molecule has 2 aromatic rings. The molecule has 4 nitrogen and oxygen atoms in total. The fraction of sp³-hybridized carbons (Fsp3) is 0.308. The van der Waals surface area contributed by atoms with E-state index in [0.717, 1.165) is 33.0 Å². The lowest BCUT2D eigenvalue weighted by Gasteiger charge is -2.14. The molecule has 0 aliphatic carbocycles. The van der Waals surface area contributed by atoms with Crippen molar-refractivity contribution in [2.75, 3.05) is 12.8 Å². The summed E-state index contributed by atoms with van der Waals surface area (Å²) in [6, 6.07) is 1.91. The number of aromatic nitrogens is 2. The van der Waals surface area contributed by atoms with E-state index in [2.05, 4.69) is 5.10 Å². The molecule has 0 aliphatic heterocycles. The fourth-order valence-corrected chi connectivity index (χ4v) is 2.21. The maximum atomic E-state index is 6.30. The predicted molar refractivity (Wildman–Crippen MR) is 74.1 cm³/mol. The van der Waals surface area contributed by atoms with E-state index in [4.69, 9.17) is 22.1 Å². The lowest BCUT2D eigenvalue weighted by atomic mass is 9.99. The van der Waals surface area contributed by atoms with Crippen molar-refractivity contribution in [1.29, 1.82) is 0 Å². The van der Waals surface area contributed by atoms with Gasteiger partial charge in [0, 0.05) is 23.2 Å². The molecule has 0 saturated carbocycles. The monoisotopic (exact) mass is 265 g/mol.